The van der Waals surface area contributed by atoms with Gasteiger partial charge < -0.3 is 4.90 Å². The smallest absolute Gasteiger partial charge is 0.194 e. The molecule has 2 nitrogen and oxygen atoms in total. The summed E-state index contributed by atoms with van der Waals surface area (Å²) in [4.78, 5) is 1.37. The average molecular weight is 202 g/mol. The molecule has 1 rings (SSSR count). The van der Waals surface area contributed by atoms with Crippen LogP contribution in [0.1, 0.15) is 5.56 Å². The van der Waals surface area contributed by atoms with Crippen LogP contribution in [-0.4, -0.2) is 24.8 Å². The van der Waals surface area contributed by atoms with Crippen LogP contribution in [0.15, 0.2) is 12.1 Å². The third kappa shape index (κ3) is 1.86. The van der Waals surface area contributed by atoms with E-state index in [0.29, 0.717) is 0 Å². The van der Waals surface area contributed by atoms with Crippen LogP contribution in [0, 0.1) is 22.9 Å². The van der Waals surface area contributed by atoms with Gasteiger partial charge in [-0.05, 0) is 12.1 Å². The van der Waals surface area contributed by atoms with E-state index in [1.165, 1.54) is 4.90 Å². The van der Waals surface area contributed by atoms with Crippen LogP contribution in [0.2, 0.25) is 0 Å². The molecule has 0 saturated carbocycles. The lowest BCUT2D eigenvalue weighted by Gasteiger charge is -2.13. The molecule has 1 aromatic rings. The topological polar surface area (TPSA) is 27.1 Å². The predicted molar refractivity (Wildman–Crippen MR) is 46.8 cm³/mol. The van der Waals surface area contributed by atoms with Gasteiger partial charge in [-0.3, -0.25) is 5.41 Å². The van der Waals surface area contributed by atoms with Gasteiger partial charge in [0.25, 0.3) is 0 Å². The number of amidine groups is 1. The summed E-state index contributed by atoms with van der Waals surface area (Å²) >= 11 is 0. The van der Waals surface area contributed by atoms with E-state index >= 15 is 0 Å². The second-order valence-corrected chi connectivity index (χ2v) is 3.00. The lowest BCUT2D eigenvalue weighted by molar-refractivity contribution is 0.446. The fraction of sp³-hybridized carbons (Fsp3) is 0.222. The van der Waals surface area contributed by atoms with Crippen molar-refractivity contribution in [3.05, 3.63) is 35.1 Å². The number of nitrogens with zero attached hydrogens (tertiary/aromatic N) is 1. The molecule has 1 N–H and O–H groups in total. The summed E-state index contributed by atoms with van der Waals surface area (Å²) in [6, 6.07) is 1.58. The summed E-state index contributed by atoms with van der Waals surface area (Å²) in [5.74, 6) is -4.17. The van der Waals surface area contributed by atoms with Gasteiger partial charge in [-0.25, -0.2) is 13.2 Å². The van der Waals surface area contributed by atoms with Crippen molar-refractivity contribution in [2.45, 2.75) is 0 Å². The summed E-state index contributed by atoms with van der Waals surface area (Å²) < 4.78 is 38.0. The van der Waals surface area contributed by atoms with Crippen molar-refractivity contribution < 1.29 is 13.2 Å². The molecule has 5 heteroatoms. The Bertz CT molecular complexity index is 351. The highest BCUT2D eigenvalue weighted by atomic mass is 19.2. The maximum Gasteiger partial charge on any atom is 0.194 e. The lowest BCUT2D eigenvalue weighted by Crippen LogP contribution is -2.22. The molecule has 0 aliphatic heterocycles. The van der Waals surface area contributed by atoms with Crippen molar-refractivity contribution in [2.24, 2.45) is 0 Å². The molecular weight excluding hydrogens is 193 g/mol. The number of benzene rings is 1. The lowest BCUT2D eigenvalue weighted by atomic mass is 10.2. The van der Waals surface area contributed by atoms with Gasteiger partial charge in [-0.2, -0.15) is 0 Å². The van der Waals surface area contributed by atoms with E-state index in [-0.39, 0.29) is 11.4 Å². The van der Waals surface area contributed by atoms with Crippen molar-refractivity contribution in [3.8, 4) is 0 Å². The number of rotatable bonds is 1. The largest absolute Gasteiger partial charge is 0.363 e. The molecular formula is C9H9F3N2. The zero-order chi connectivity index (χ0) is 10.9. The number of hydrogen-bond donors (Lipinski definition) is 1. The van der Waals surface area contributed by atoms with E-state index in [1.54, 1.807) is 14.1 Å². The summed E-state index contributed by atoms with van der Waals surface area (Å²) in [5, 5.41) is 7.42. The number of hydrogen-bond acceptors (Lipinski definition) is 1. The minimum absolute atomic E-state index is 0.00593. The van der Waals surface area contributed by atoms with Gasteiger partial charge in [-0.15, -0.1) is 0 Å². The fourth-order valence-electron chi connectivity index (χ4n) is 0.950. The van der Waals surface area contributed by atoms with Crippen molar-refractivity contribution in [1.29, 1.82) is 5.41 Å². The second-order valence-electron chi connectivity index (χ2n) is 3.00. The third-order valence-corrected chi connectivity index (χ3v) is 1.70. The Kier molecular flexibility index (Phi) is 2.78. The Morgan fingerprint density at radius 2 is 1.57 bits per heavy atom. The van der Waals surface area contributed by atoms with E-state index in [0.717, 1.165) is 12.1 Å². The molecule has 1 aromatic carbocycles. The zero-order valence-corrected chi connectivity index (χ0v) is 7.74. The molecule has 0 atom stereocenters. The highest BCUT2D eigenvalue weighted by Crippen LogP contribution is 2.14. The normalized spacial score (nSPS) is 10.1. The van der Waals surface area contributed by atoms with Crippen molar-refractivity contribution >= 4 is 5.84 Å². The van der Waals surface area contributed by atoms with E-state index in [4.69, 9.17) is 5.41 Å². The molecule has 0 aliphatic rings. The van der Waals surface area contributed by atoms with Crippen LogP contribution >= 0.6 is 0 Å². The Morgan fingerprint density at radius 1 is 1.14 bits per heavy atom. The molecule has 0 fully saturated rings. The van der Waals surface area contributed by atoms with Gasteiger partial charge in [0.05, 0.1) is 0 Å². The minimum atomic E-state index is -1.51. The summed E-state index contributed by atoms with van der Waals surface area (Å²) in [6.45, 7) is 0. The molecule has 0 bridgehead atoms. The van der Waals surface area contributed by atoms with Crippen molar-refractivity contribution in [2.75, 3.05) is 14.1 Å². The molecule has 0 saturated heterocycles. The van der Waals surface area contributed by atoms with Gasteiger partial charge >= 0.3 is 0 Å². The SMILES string of the molecule is CN(C)C(=N)c1cc(F)c(F)c(F)c1. The zero-order valence-electron chi connectivity index (χ0n) is 7.74. The van der Waals surface area contributed by atoms with Crippen LogP contribution in [0.25, 0.3) is 0 Å². The van der Waals surface area contributed by atoms with Crippen LogP contribution in [0.3, 0.4) is 0 Å². The fourth-order valence-corrected chi connectivity index (χ4v) is 0.950. The summed E-state index contributed by atoms with van der Waals surface area (Å²) in [5.41, 5.74) is 0.00593. The highest BCUT2D eigenvalue weighted by molar-refractivity contribution is 5.95. The number of nitrogens with one attached hydrogen (secondary N) is 1. The third-order valence-electron chi connectivity index (χ3n) is 1.70. The molecule has 76 valence electrons. The molecule has 0 heterocycles. The van der Waals surface area contributed by atoms with E-state index in [2.05, 4.69) is 0 Å². The first-order chi connectivity index (χ1) is 6.43. The molecule has 0 aromatic heterocycles. The summed E-state index contributed by atoms with van der Waals surface area (Å²) in [6.07, 6.45) is 0. The van der Waals surface area contributed by atoms with Gasteiger partial charge in [-0.1, -0.05) is 0 Å². The van der Waals surface area contributed by atoms with Crippen LogP contribution in [0.4, 0.5) is 13.2 Å². The highest BCUT2D eigenvalue weighted by Gasteiger charge is 2.13. The Balaban J connectivity index is 3.19. The maximum absolute atomic E-state index is 12.7. The van der Waals surface area contributed by atoms with Crippen molar-refractivity contribution in [1.82, 2.24) is 4.90 Å². The van der Waals surface area contributed by atoms with Gasteiger partial charge in [0.2, 0.25) is 0 Å². The molecule has 0 aliphatic carbocycles. The monoisotopic (exact) mass is 202 g/mol. The predicted octanol–water partition coefficient (Wildman–Crippen LogP) is 1.99. The van der Waals surface area contributed by atoms with Gasteiger partial charge in [0.1, 0.15) is 5.84 Å². The standard InChI is InChI=1S/C9H9F3N2/c1-14(2)9(13)5-3-6(10)8(12)7(11)4-5/h3-4,13H,1-2H3. The van der Waals surface area contributed by atoms with E-state index in [9.17, 15) is 13.2 Å². The Labute approximate surface area is 79.5 Å². The first-order valence-corrected chi connectivity index (χ1v) is 3.84. The Hall–Kier alpha value is -1.52. The minimum Gasteiger partial charge on any atom is -0.363 e. The van der Waals surface area contributed by atoms with E-state index < -0.39 is 17.5 Å². The first-order valence-electron chi connectivity index (χ1n) is 3.84. The van der Waals surface area contributed by atoms with E-state index in [1.807, 2.05) is 0 Å². The molecule has 0 spiro atoms. The Morgan fingerprint density at radius 3 is 1.93 bits per heavy atom. The first kappa shape index (κ1) is 10.6. The molecule has 0 amide bonds. The van der Waals surface area contributed by atoms with Gasteiger partial charge in [0.15, 0.2) is 17.5 Å². The molecule has 0 unspecified atom stereocenters. The van der Waals surface area contributed by atoms with Crippen LogP contribution in [-0.2, 0) is 0 Å². The summed E-state index contributed by atoms with van der Waals surface area (Å²) in [7, 11) is 3.11. The number of halogens is 3. The van der Waals surface area contributed by atoms with Crippen LogP contribution < -0.4 is 0 Å². The maximum atomic E-state index is 12.7. The quantitative estimate of drug-likeness (QED) is 0.421. The van der Waals surface area contributed by atoms with Crippen LogP contribution in [0.5, 0.6) is 0 Å². The molecule has 0 radical (unpaired) electrons. The van der Waals surface area contributed by atoms with Crippen molar-refractivity contribution in [3.63, 3.8) is 0 Å². The average Bonchev–Trinajstić information content (AvgIpc) is 2.12. The second kappa shape index (κ2) is 3.69. The van der Waals surface area contributed by atoms with Gasteiger partial charge in [0, 0.05) is 19.7 Å². The molecule has 14 heavy (non-hydrogen) atoms.